The van der Waals surface area contributed by atoms with Crippen molar-refractivity contribution >= 4 is 52.0 Å². The monoisotopic (exact) mass is 512 g/mol. The molecule has 2 N–H and O–H groups in total. The van der Waals surface area contributed by atoms with Gasteiger partial charge in [0.1, 0.15) is 11.0 Å². The number of aryl methyl sites for hydroxylation is 1. The summed E-state index contributed by atoms with van der Waals surface area (Å²) in [6, 6.07) is 2.66. The van der Waals surface area contributed by atoms with Gasteiger partial charge in [0.05, 0.1) is 29.1 Å². The molecule has 12 heteroatoms. The summed E-state index contributed by atoms with van der Waals surface area (Å²) >= 11 is 8.66. The van der Waals surface area contributed by atoms with Crippen LogP contribution in [0.5, 0.6) is 5.06 Å². The van der Waals surface area contributed by atoms with E-state index in [-0.39, 0.29) is 36.9 Å². The molecule has 33 heavy (non-hydrogen) atoms. The Kier molecular flexibility index (Phi) is 7.52. The molecular weight excluding hydrogens is 488 g/mol. The zero-order valence-electron chi connectivity index (χ0n) is 18.1. The molecule has 0 saturated carbocycles. The molecule has 2 aromatic heterocycles. The molecule has 0 aromatic carbocycles. The van der Waals surface area contributed by atoms with Crippen LogP contribution in [0.2, 0.25) is 4.34 Å². The highest BCUT2D eigenvalue weighted by Crippen LogP contribution is 2.35. The van der Waals surface area contributed by atoms with Crippen LogP contribution in [-0.4, -0.2) is 72.0 Å². The molecule has 1 saturated heterocycles. The molecule has 3 heterocycles. The number of hydrogen-bond acceptors (Lipinski definition) is 8. The molecule has 0 spiro atoms. The van der Waals surface area contributed by atoms with E-state index in [2.05, 4.69) is 4.98 Å². The molecule has 1 fully saturated rings. The van der Waals surface area contributed by atoms with Crippen LogP contribution in [0.3, 0.4) is 0 Å². The Morgan fingerprint density at radius 1 is 1.30 bits per heavy atom. The van der Waals surface area contributed by atoms with Gasteiger partial charge in [0.25, 0.3) is 5.91 Å². The Morgan fingerprint density at radius 3 is 2.82 bits per heavy atom. The molecule has 0 bridgehead atoms. The first-order chi connectivity index (χ1) is 15.9. The maximum absolute atomic E-state index is 13.2. The molecule has 2 aliphatic rings. The number of methoxy groups -OCH3 is 1. The third-order valence-electron chi connectivity index (χ3n) is 5.78. The highest BCUT2D eigenvalue weighted by Gasteiger charge is 2.38. The molecule has 1 aliphatic carbocycles. The maximum atomic E-state index is 13.2. The van der Waals surface area contributed by atoms with Crippen LogP contribution < -0.4 is 10.5 Å². The summed E-state index contributed by atoms with van der Waals surface area (Å²) in [6.07, 6.45) is 2.48. The molecule has 2 aromatic rings. The zero-order chi connectivity index (χ0) is 23.5. The SMILES string of the molecule is COC[C@H]1C(=O)N(Cc2nc3c(s2)CCC[C@@H]3C(N)=O)CCN1C(=O)COc1ccc(Cl)s1. The summed E-state index contributed by atoms with van der Waals surface area (Å²) in [5.41, 5.74) is 6.31. The molecule has 2 atom stereocenters. The van der Waals surface area contributed by atoms with Gasteiger partial charge in [0, 0.05) is 25.1 Å². The number of nitrogens with two attached hydrogens (primary N) is 1. The Bertz CT molecular complexity index is 1040. The summed E-state index contributed by atoms with van der Waals surface area (Å²) in [7, 11) is 1.50. The van der Waals surface area contributed by atoms with Gasteiger partial charge in [-0.05, 0) is 31.4 Å². The standard InChI is InChI=1S/C21H25ClN4O5S2/c1-30-10-13-21(29)25(7-8-26(13)17(27)11-31-18-6-5-15(22)33-18)9-16-24-19-12(20(23)28)3-2-4-14(19)32-16/h5-6,12-13H,2-4,7-11H2,1H3,(H2,23,28)/t12-,13-/m0/s1. The van der Waals surface area contributed by atoms with Crippen LogP contribution in [-0.2, 0) is 32.1 Å². The van der Waals surface area contributed by atoms with Crippen LogP contribution in [0, 0.1) is 0 Å². The molecule has 0 unspecified atom stereocenters. The van der Waals surface area contributed by atoms with Crippen LogP contribution in [0.25, 0.3) is 0 Å². The number of piperazine rings is 1. The second-order valence-corrected chi connectivity index (χ2v) is 10.8. The number of nitrogens with zero attached hydrogens (tertiary/aromatic N) is 3. The topological polar surface area (TPSA) is 115 Å². The Labute approximate surface area is 204 Å². The highest BCUT2D eigenvalue weighted by atomic mass is 35.5. The zero-order valence-corrected chi connectivity index (χ0v) is 20.5. The summed E-state index contributed by atoms with van der Waals surface area (Å²) < 4.78 is 11.3. The van der Waals surface area contributed by atoms with Crippen LogP contribution >= 0.6 is 34.3 Å². The Balaban J connectivity index is 1.42. The van der Waals surface area contributed by atoms with Gasteiger partial charge >= 0.3 is 0 Å². The van der Waals surface area contributed by atoms with Gasteiger partial charge in [-0.3, -0.25) is 14.4 Å². The quantitative estimate of drug-likeness (QED) is 0.578. The number of thiophene rings is 1. The fourth-order valence-electron chi connectivity index (χ4n) is 4.18. The number of hydrogen-bond donors (Lipinski definition) is 1. The van der Waals surface area contributed by atoms with Crippen molar-refractivity contribution in [2.75, 3.05) is 33.4 Å². The molecule has 178 valence electrons. The van der Waals surface area contributed by atoms with Gasteiger partial charge in [-0.25, -0.2) is 4.98 Å². The summed E-state index contributed by atoms with van der Waals surface area (Å²) in [5, 5.41) is 1.32. The molecule has 4 rings (SSSR count). The average molecular weight is 513 g/mol. The van der Waals surface area contributed by atoms with Gasteiger partial charge < -0.3 is 25.0 Å². The minimum absolute atomic E-state index is 0.0873. The lowest BCUT2D eigenvalue weighted by Gasteiger charge is -2.40. The van der Waals surface area contributed by atoms with Crippen molar-refractivity contribution in [2.45, 2.75) is 37.8 Å². The summed E-state index contributed by atoms with van der Waals surface area (Å²) in [5.74, 6) is -1.20. The smallest absolute Gasteiger partial charge is 0.261 e. The number of carbonyl (C=O) groups is 3. The van der Waals surface area contributed by atoms with Gasteiger partial charge in [0.15, 0.2) is 11.7 Å². The fourth-order valence-corrected chi connectivity index (χ4v) is 6.24. The van der Waals surface area contributed by atoms with E-state index in [1.807, 2.05) is 0 Å². The van der Waals surface area contributed by atoms with Crippen molar-refractivity contribution in [1.29, 1.82) is 0 Å². The molecule has 9 nitrogen and oxygen atoms in total. The van der Waals surface area contributed by atoms with Crippen molar-refractivity contribution in [2.24, 2.45) is 5.73 Å². The van der Waals surface area contributed by atoms with E-state index < -0.39 is 6.04 Å². The van der Waals surface area contributed by atoms with Gasteiger partial charge in [-0.15, -0.1) is 11.3 Å². The summed E-state index contributed by atoms with van der Waals surface area (Å²) in [4.78, 5) is 46.7. The number of aromatic nitrogens is 1. The van der Waals surface area contributed by atoms with Gasteiger partial charge in [-0.1, -0.05) is 22.9 Å². The van der Waals surface area contributed by atoms with Gasteiger partial charge in [-0.2, -0.15) is 0 Å². The summed E-state index contributed by atoms with van der Waals surface area (Å²) in [6.45, 7) is 0.970. The number of primary amides is 1. The van der Waals surface area contributed by atoms with E-state index in [4.69, 9.17) is 26.8 Å². The maximum Gasteiger partial charge on any atom is 0.261 e. The third-order valence-corrected chi connectivity index (χ3v) is 8.04. The first kappa shape index (κ1) is 23.9. The lowest BCUT2D eigenvalue weighted by atomic mass is 9.90. The van der Waals surface area contributed by atoms with E-state index in [0.717, 1.165) is 28.4 Å². The highest BCUT2D eigenvalue weighted by molar-refractivity contribution is 7.17. The second-order valence-electron chi connectivity index (χ2n) is 7.93. The van der Waals surface area contributed by atoms with E-state index >= 15 is 0 Å². The molecule has 0 radical (unpaired) electrons. The number of fused-ring (bicyclic) bond motifs is 1. The first-order valence-electron chi connectivity index (χ1n) is 10.6. The average Bonchev–Trinajstić information content (AvgIpc) is 3.39. The predicted molar refractivity (Wildman–Crippen MR) is 125 cm³/mol. The molecule has 1 aliphatic heterocycles. The van der Waals surface area contributed by atoms with Crippen molar-refractivity contribution in [1.82, 2.24) is 14.8 Å². The van der Waals surface area contributed by atoms with Crippen LogP contribution in [0.4, 0.5) is 0 Å². The number of halogens is 1. The van der Waals surface area contributed by atoms with Crippen molar-refractivity contribution in [3.05, 3.63) is 32.0 Å². The van der Waals surface area contributed by atoms with E-state index in [0.29, 0.717) is 35.5 Å². The van der Waals surface area contributed by atoms with E-state index in [1.54, 1.807) is 17.0 Å². The normalized spacial score (nSPS) is 20.6. The van der Waals surface area contributed by atoms with E-state index in [1.165, 1.54) is 34.7 Å². The number of rotatable bonds is 8. The first-order valence-corrected chi connectivity index (χ1v) is 12.6. The number of ether oxygens (including phenoxy) is 2. The Morgan fingerprint density at radius 2 is 2.12 bits per heavy atom. The number of carbonyl (C=O) groups excluding carboxylic acids is 3. The second kappa shape index (κ2) is 10.4. The fraction of sp³-hybridized carbons (Fsp3) is 0.524. The van der Waals surface area contributed by atoms with Crippen LogP contribution in [0.1, 0.15) is 34.3 Å². The predicted octanol–water partition coefficient (Wildman–Crippen LogP) is 2.03. The minimum Gasteiger partial charge on any atom is -0.474 e. The van der Waals surface area contributed by atoms with Gasteiger partial charge in [0.2, 0.25) is 11.8 Å². The largest absolute Gasteiger partial charge is 0.474 e. The Hall–Kier alpha value is -2.21. The lowest BCUT2D eigenvalue weighted by Crippen LogP contribution is -2.60. The molecular formula is C21H25ClN4O5S2. The van der Waals surface area contributed by atoms with Crippen molar-refractivity contribution < 1.29 is 23.9 Å². The van der Waals surface area contributed by atoms with E-state index in [9.17, 15) is 14.4 Å². The lowest BCUT2D eigenvalue weighted by molar-refractivity contribution is -0.155. The number of amides is 3. The van der Waals surface area contributed by atoms with Crippen LogP contribution in [0.15, 0.2) is 12.1 Å². The third kappa shape index (κ3) is 5.32. The van der Waals surface area contributed by atoms with Crippen molar-refractivity contribution in [3.8, 4) is 5.06 Å². The minimum atomic E-state index is -0.736. The number of thiazole rings is 1. The van der Waals surface area contributed by atoms with Crippen molar-refractivity contribution in [3.63, 3.8) is 0 Å². The molecule has 3 amide bonds.